The van der Waals surface area contributed by atoms with Gasteiger partial charge < -0.3 is 15.5 Å². The van der Waals surface area contributed by atoms with Crippen molar-refractivity contribution in [2.24, 2.45) is 11.8 Å². The van der Waals surface area contributed by atoms with Gasteiger partial charge in [-0.05, 0) is 77.5 Å². The molecule has 0 aromatic rings. The number of hydrogen-bond donors (Lipinski definition) is 2. The highest BCUT2D eigenvalue weighted by atomic mass is 15.1. The van der Waals surface area contributed by atoms with Gasteiger partial charge in [0.25, 0.3) is 0 Å². The largest absolute Gasteiger partial charge is 0.316 e. The Morgan fingerprint density at radius 1 is 0.840 bits per heavy atom. The highest BCUT2D eigenvalue weighted by Crippen LogP contribution is 2.35. The number of rotatable bonds is 9. The third-order valence-corrected chi connectivity index (χ3v) is 5.43. The van der Waals surface area contributed by atoms with Crippen LogP contribution in [0.4, 0.5) is 0 Å². The second-order valence-corrected chi connectivity index (χ2v) is 7.71. The van der Waals surface area contributed by atoms with Crippen molar-refractivity contribution < 1.29 is 0 Å². The van der Waals surface area contributed by atoms with Gasteiger partial charge in [-0.15, -0.1) is 0 Å². The van der Waals surface area contributed by atoms with Crippen LogP contribution in [0.15, 0.2) is 0 Å². The number of nitrogens with one attached hydrogen (secondary N) is 2. The molecule has 25 heavy (non-hydrogen) atoms. The summed E-state index contributed by atoms with van der Waals surface area (Å²) in [6.45, 7) is 20.1. The fourth-order valence-electron chi connectivity index (χ4n) is 3.56. The zero-order valence-electron chi connectivity index (χ0n) is 18.4. The van der Waals surface area contributed by atoms with Gasteiger partial charge in [0.05, 0.1) is 0 Å². The average molecular weight is 356 g/mol. The summed E-state index contributed by atoms with van der Waals surface area (Å²) in [6.07, 6.45) is 10.3. The Morgan fingerprint density at radius 3 is 1.84 bits per heavy atom. The minimum absolute atomic E-state index is 0.764. The van der Waals surface area contributed by atoms with Crippen LogP contribution in [-0.4, -0.2) is 50.2 Å². The zero-order chi connectivity index (χ0) is 18.9. The van der Waals surface area contributed by atoms with Crippen LogP contribution in [0, 0.1) is 11.8 Å². The normalized spacial score (nSPS) is 18.8. The Labute approximate surface area is 159 Å². The van der Waals surface area contributed by atoms with E-state index in [9.17, 15) is 0 Å². The SMILES string of the molecule is CC.CC(C)N1CCC(CC2CCC2)CC1.CCCNCCNCC. The second kappa shape index (κ2) is 17.3. The first-order valence-electron chi connectivity index (χ1n) is 11.3. The van der Waals surface area contributed by atoms with Gasteiger partial charge in [-0.3, -0.25) is 0 Å². The molecule has 0 spiro atoms. The van der Waals surface area contributed by atoms with Crippen LogP contribution in [0.1, 0.15) is 86.5 Å². The smallest absolute Gasteiger partial charge is 0.00767 e. The molecule has 1 saturated carbocycles. The van der Waals surface area contributed by atoms with Crippen molar-refractivity contribution in [2.45, 2.75) is 92.5 Å². The van der Waals surface area contributed by atoms with Gasteiger partial charge in [0.15, 0.2) is 0 Å². The summed E-state index contributed by atoms with van der Waals surface area (Å²) in [7, 11) is 0. The zero-order valence-corrected chi connectivity index (χ0v) is 18.4. The number of hydrogen-bond acceptors (Lipinski definition) is 3. The molecule has 1 aliphatic heterocycles. The minimum Gasteiger partial charge on any atom is -0.316 e. The molecule has 2 N–H and O–H groups in total. The second-order valence-electron chi connectivity index (χ2n) is 7.71. The molecule has 1 heterocycles. The Kier molecular flexibility index (Phi) is 17.2. The van der Waals surface area contributed by atoms with Gasteiger partial charge in [-0.2, -0.15) is 0 Å². The predicted octanol–water partition coefficient (Wildman–Crippen LogP) is 4.92. The highest BCUT2D eigenvalue weighted by Gasteiger charge is 2.25. The molecule has 0 unspecified atom stereocenters. The number of piperidine rings is 1. The van der Waals surface area contributed by atoms with E-state index >= 15 is 0 Å². The van der Waals surface area contributed by atoms with Crippen LogP contribution < -0.4 is 10.6 Å². The summed E-state index contributed by atoms with van der Waals surface area (Å²) >= 11 is 0. The molecule has 1 aliphatic carbocycles. The van der Waals surface area contributed by atoms with E-state index in [0.29, 0.717) is 0 Å². The molecule has 2 rings (SSSR count). The number of likely N-dealkylation sites (tertiary alicyclic amines) is 1. The first kappa shape index (κ1) is 24.9. The molecule has 152 valence electrons. The molecule has 3 nitrogen and oxygen atoms in total. The Hall–Kier alpha value is -0.120. The third-order valence-electron chi connectivity index (χ3n) is 5.43. The van der Waals surface area contributed by atoms with Crippen LogP contribution in [0.5, 0.6) is 0 Å². The molecule has 0 aromatic carbocycles. The monoisotopic (exact) mass is 355 g/mol. The molecule has 0 aromatic heterocycles. The molecule has 2 fully saturated rings. The molecular weight excluding hydrogens is 306 g/mol. The van der Waals surface area contributed by atoms with Crippen molar-refractivity contribution in [1.29, 1.82) is 0 Å². The van der Waals surface area contributed by atoms with Crippen LogP contribution >= 0.6 is 0 Å². The van der Waals surface area contributed by atoms with Crippen molar-refractivity contribution in [2.75, 3.05) is 39.3 Å². The predicted molar refractivity (Wildman–Crippen MR) is 114 cm³/mol. The molecule has 0 atom stereocenters. The third kappa shape index (κ3) is 12.8. The molecule has 0 bridgehead atoms. The summed E-state index contributed by atoms with van der Waals surface area (Å²) in [5.41, 5.74) is 0. The van der Waals surface area contributed by atoms with E-state index in [2.05, 4.69) is 43.2 Å². The van der Waals surface area contributed by atoms with Gasteiger partial charge in [0, 0.05) is 19.1 Å². The van der Waals surface area contributed by atoms with Crippen molar-refractivity contribution in [3.8, 4) is 0 Å². The van der Waals surface area contributed by atoms with E-state index in [1.165, 1.54) is 51.6 Å². The van der Waals surface area contributed by atoms with Crippen LogP contribution in [0.3, 0.4) is 0 Å². The molecule has 1 saturated heterocycles. The average Bonchev–Trinajstić information content (AvgIpc) is 2.61. The lowest BCUT2D eigenvalue weighted by Crippen LogP contribution is -2.39. The summed E-state index contributed by atoms with van der Waals surface area (Å²) in [6, 6.07) is 0.764. The number of nitrogens with zero attached hydrogens (tertiary/aromatic N) is 1. The lowest BCUT2D eigenvalue weighted by Gasteiger charge is -2.37. The fraction of sp³-hybridized carbons (Fsp3) is 1.00. The quantitative estimate of drug-likeness (QED) is 0.575. The van der Waals surface area contributed by atoms with Crippen LogP contribution in [0.2, 0.25) is 0 Å². The molecule has 2 aliphatic rings. The van der Waals surface area contributed by atoms with Crippen molar-refractivity contribution in [1.82, 2.24) is 15.5 Å². The van der Waals surface area contributed by atoms with E-state index < -0.39 is 0 Å². The lowest BCUT2D eigenvalue weighted by atomic mass is 9.76. The first-order chi connectivity index (χ1) is 12.2. The van der Waals surface area contributed by atoms with Crippen molar-refractivity contribution >= 4 is 0 Å². The van der Waals surface area contributed by atoms with E-state index in [1.807, 2.05) is 13.8 Å². The van der Waals surface area contributed by atoms with Crippen molar-refractivity contribution in [3.63, 3.8) is 0 Å². The summed E-state index contributed by atoms with van der Waals surface area (Å²) in [4.78, 5) is 2.64. The maximum atomic E-state index is 3.31. The summed E-state index contributed by atoms with van der Waals surface area (Å²) in [5.74, 6) is 2.18. The Bertz CT molecular complexity index is 250. The van der Waals surface area contributed by atoms with Gasteiger partial charge in [0.2, 0.25) is 0 Å². The van der Waals surface area contributed by atoms with Gasteiger partial charge in [-0.1, -0.05) is 47.0 Å². The van der Waals surface area contributed by atoms with Crippen LogP contribution in [0.25, 0.3) is 0 Å². The Balaban J connectivity index is 0.000000458. The maximum absolute atomic E-state index is 3.31. The standard InChI is InChI=1S/C13H25N.C7H18N2.C2H6/c1-11(2)14-8-6-13(7-9-14)10-12-4-3-5-12;1-3-5-9-7-6-8-4-2;1-2/h11-13H,3-10H2,1-2H3;8-9H,3-7H2,1-2H3;1-2H3. The lowest BCUT2D eigenvalue weighted by molar-refractivity contribution is 0.124. The van der Waals surface area contributed by atoms with Gasteiger partial charge in [0.1, 0.15) is 0 Å². The molecular formula is C22H49N3. The summed E-state index contributed by atoms with van der Waals surface area (Å²) < 4.78 is 0. The molecule has 0 amide bonds. The highest BCUT2D eigenvalue weighted by molar-refractivity contribution is 4.79. The topological polar surface area (TPSA) is 27.3 Å². The van der Waals surface area contributed by atoms with Crippen LogP contribution in [-0.2, 0) is 0 Å². The Morgan fingerprint density at radius 2 is 1.40 bits per heavy atom. The van der Waals surface area contributed by atoms with E-state index in [4.69, 9.17) is 0 Å². The van der Waals surface area contributed by atoms with E-state index in [0.717, 1.165) is 44.1 Å². The molecule has 3 heteroatoms. The maximum Gasteiger partial charge on any atom is 0.00767 e. The van der Waals surface area contributed by atoms with Gasteiger partial charge in [-0.25, -0.2) is 0 Å². The van der Waals surface area contributed by atoms with Gasteiger partial charge >= 0.3 is 0 Å². The van der Waals surface area contributed by atoms with E-state index in [-0.39, 0.29) is 0 Å². The number of likely N-dealkylation sites (N-methyl/N-ethyl adjacent to an activating group) is 1. The van der Waals surface area contributed by atoms with E-state index in [1.54, 1.807) is 6.42 Å². The first-order valence-corrected chi connectivity index (χ1v) is 11.3. The summed E-state index contributed by atoms with van der Waals surface area (Å²) in [5, 5.41) is 6.55. The van der Waals surface area contributed by atoms with Crippen molar-refractivity contribution in [3.05, 3.63) is 0 Å². The molecule has 0 radical (unpaired) electrons. The fourth-order valence-corrected chi connectivity index (χ4v) is 3.56. The minimum atomic E-state index is 0.764.